The van der Waals surface area contributed by atoms with E-state index < -0.39 is 17.3 Å². The van der Waals surface area contributed by atoms with Crippen LogP contribution in [-0.4, -0.2) is 16.3 Å². The van der Waals surface area contributed by atoms with Crippen molar-refractivity contribution in [2.45, 2.75) is 18.7 Å². The van der Waals surface area contributed by atoms with E-state index in [-0.39, 0.29) is 5.82 Å². The molecule has 14 heavy (non-hydrogen) atoms. The van der Waals surface area contributed by atoms with Gasteiger partial charge in [-0.1, -0.05) is 6.07 Å². The van der Waals surface area contributed by atoms with Gasteiger partial charge in [0.05, 0.1) is 0 Å². The summed E-state index contributed by atoms with van der Waals surface area (Å²) in [5.41, 5.74) is 1.83. The molecule has 1 aromatic rings. The van der Waals surface area contributed by atoms with Gasteiger partial charge in [-0.05, 0) is 13.0 Å². The van der Waals surface area contributed by atoms with Gasteiger partial charge in [0.25, 0.3) is 0 Å². The molecule has 0 aliphatic carbocycles. The first kappa shape index (κ1) is 10.8. The minimum Gasteiger partial charge on any atom is -0.383 e. The summed E-state index contributed by atoms with van der Waals surface area (Å²) in [5, 5.41) is 9.26. The van der Waals surface area contributed by atoms with E-state index in [9.17, 15) is 18.3 Å². The molecule has 3 nitrogen and oxygen atoms in total. The monoisotopic (exact) mass is 206 g/mol. The van der Waals surface area contributed by atoms with Gasteiger partial charge in [0.15, 0.2) is 5.60 Å². The minimum absolute atomic E-state index is 0.324. The third kappa shape index (κ3) is 1.65. The summed E-state index contributed by atoms with van der Waals surface area (Å²) in [6.07, 6.45) is -3.52. The first-order valence-corrected chi connectivity index (χ1v) is 3.77. The van der Waals surface area contributed by atoms with Gasteiger partial charge in [-0.25, -0.2) is 4.98 Å². The predicted molar refractivity (Wildman–Crippen MR) is 44.3 cm³/mol. The Morgan fingerprint density at radius 3 is 2.43 bits per heavy atom. The fraction of sp³-hybridized carbons (Fsp3) is 0.375. The van der Waals surface area contributed by atoms with E-state index in [4.69, 9.17) is 5.73 Å². The first-order valence-electron chi connectivity index (χ1n) is 3.77. The number of nitrogens with two attached hydrogens (primary N) is 1. The molecule has 78 valence electrons. The summed E-state index contributed by atoms with van der Waals surface area (Å²) in [6, 6.07) is 2.38. The highest BCUT2D eigenvalue weighted by Crippen LogP contribution is 2.39. The van der Waals surface area contributed by atoms with Crippen LogP contribution in [0.25, 0.3) is 0 Å². The lowest BCUT2D eigenvalue weighted by molar-refractivity contribution is -0.258. The molecular weight excluding hydrogens is 197 g/mol. The van der Waals surface area contributed by atoms with E-state index in [0.717, 1.165) is 6.07 Å². The van der Waals surface area contributed by atoms with Crippen molar-refractivity contribution in [2.24, 2.45) is 0 Å². The molecule has 0 radical (unpaired) electrons. The van der Waals surface area contributed by atoms with Crippen molar-refractivity contribution in [2.75, 3.05) is 5.73 Å². The summed E-state index contributed by atoms with van der Waals surface area (Å²) >= 11 is 0. The molecule has 1 heterocycles. The van der Waals surface area contributed by atoms with Crippen molar-refractivity contribution in [3.63, 3.8) is 0 Å². The molecule has 1 aromatic heterocycles. The molecule has 0 fully saturated rings. The number of hydrogen-bond donors (Lipinski definition) is 2. The molecule has 0 aliphatic heterocycles. The Hall–Kier alpha value is -1.30. The average molecular weight is 206 g/mol. The number of anilines is 1. The smallest absolute Gasteiger partial charge is 0.383 e. The Morgan fingerprint density at radius 1 is 1.43 bits per heavy atom. The largest absolute Gasteiger partial charge is 0.421 e. The quantitative estimate of drug-likeness (QED) is 0.730. The van der Waals surface area contributed by atoms with Crippen LogP contribution in [0.3, 0.4) is 0 Å². The number of nitrogens with zero attached hydrogens (tertiary/aromatic N) is 1. The Bertz CT molecular complexity index is 336. The van der Waals surface area contributed by atoms with Gasteiger partial charge >= 0.3 is 6.18 Å². The molecule has 0 aliphatic rings. The van der Waals surface area contributed by atoms with Crippen LogP contribution in [0.2, 0.25) is 0 Å². The fourth-order valence-electron chi connectivity index (χ4n) is 0.982. The fourth-order valence-corrected chi connectivity index (χ4v) is 0.982. The summed E-state index contributed by atoms with van der Waals surface area (Å²) in [5.74, 6) is -0.324. The highest BCUT2D eigenvalue weighted by atomic mass is 19.4. The lowest BCUT2D eigenvalue weighted by atomic mass is 9.96. The molecule has 0 saturated heterocycles. The van der Waals surface area contributed by atoms with Crippen LogP contribution in [0.5, 0.6) is 0 Å². The molecule has 0 saturated carbocycles. The van der Waals surface area contributed by atoms with Crippen LogP contribution in [0.1, 0.15) is 12.5 Å². The second-order valence-corrected chi connectivity index (χ2v) is 3.01. The van der Waals surface area contributed by atoms with Crippen molar-refractivity contribution in [3.05, 3.63) is 23.9 Å². The molecule has 6 heteroatoms. The maximum atomic E-state index is 12.4. The molecular formula is C8H9F3N2O. The van der Waals surface area contributed by atoms with E-state index >= 15 is 0 Å². The van der Waals surface area contributed by atoms with E-state index in [1.807, 2.05) is 0 Å². The zero-order valence-corrected chi connectivity index (χ0v) is 7.34. The maximum Gasteiger partial charge on any atom is 0.421 e. The average Bonchev–Trinajstić information content (AvgIpc) is 2.02. The molecule has 0 bridgehead atoms. The Balaban J connectivity index is 3.23. The second kappa shape index (κ2) is 3.13. The Kier molecular flexibility index (Phi) is 2.41. The van der Waals surface area contributed by atoms with Crippen LogP contribution in [0.15, 0.2) is 18.3 Å². The summed E-state index contributed by atoms with van der Waals surface area (Å²) in [4.78, 5) is 3.48. The van der Waals surface area contributed by atoms with Crippen LogP contribution in [0, 0.1) is 0 Å². The molecule has 1 atom stereocenters. The van der Waals surface area contributed by atoms with Gasteiger partial charge in [-0.2, -0.15) is 13.2 Å². The van der Waals surface area contributed by atoms with Gasteiger partial charge in [-0.15, -0.1) is 0 Å². The standard InChI is InChI=1S/C8H9F3N2O/c1-7(14,8(9,10)11)5-3-2-4-13-6(5)12/h2-4,14H,1H3,(H2,12,13). The van der Waals surface area contributed by atoms with E-state index in [1.54, 1.807) is 0 Å². The lowest BCUT2D eigenvalue weighted by Gasteiger charge is -2.27. The Labute approximate surface area is 78.4 Å². The highest BCUT2D eigenvalue weighted by Gasteiger charge is 2.52. The van der Waals surface area contributed by atoms with Crippen molar-refractivity contribution < 1.29 is 18.3 Å². The lowest BCUT2D eigenvalue weighted by Crippen LogP contribution is -2.39. The summed E-state index contributed by atoms with van der Waals surface area (Å²) in [6.45, 7) is 0.639. The third-order valence-corrected chi connectivity index (χ3v) is 1.91. The first-order chi connectivity index (χ1) is 6.27. The SMILES string of the molecule is CC(O)(c1cccnc1N)C(F)(F)F. The summed E-state index contributed by atoms with van der Waals surface area (Å²) < 4.78 is 37.1. The van der Waals surface area contributed by atoms with Crippen LogP contribution < -0.4 is 5.73 Å². The number of hydrogen-bond acceptors (Lipinski definition) is 3. The topological polar surface area (TPSA) is 59.1 Å². The van der Waals surface area contributed by atoms with Crippen molar-refractivity contribution in [3.8, 4) is 0 Å². The van der Waals surface area contributed by atoms with E-state index in [0.29, 0.717) is 6.92 Å². The van der Waals surface area contributed by atoms with Gasteiger partial charge in [-0.3, -0.25) is 0 Å². The normalized spacial score (nSPS) is 16.4. The van der Waals surface area contributed by atoms with E-state index in [1.165, 1.54) is 12.3 Å². The van der Waals surface area contributed by atoms with Crippen molar-refractivity contribution in [1.29, 1.82) is 0 Å². The molecule has 1 rings (SSSR count). The third-order valence-electron chi connectivity index (χ3n) is 1.91. The molecule has 1 unspecified atom stereocenters. The van der Waals surface area contributed by atoms with Gasteiger partial charge in [0, 0.05) is 11.8 Å². The number of halogens is 3. The van der Waals surface area contributed by atoms with Gasteiger partial charge in [0.1, 0.15) is 5.82 Å². The molecule has 0 spiro atoms. The molecule has 0 amide bonds. The maximum absolute atomic E-state index is 12.4. The number of aromatic nitrogens is 1. The zero-order valence-electron chi connectivity index (χ0n) is 7.34. The van der Waals surface area contributed by atoms with Crippen molar-refractivity contribution in [1.82, 2.24) is 4.98 Å². The number of nitrogen functional groups attached to an aromatic ring is 1. The van der Waals surface area contributed by atoms with Gasteiger partial charge < -0.3 is 10.8 Å². The van der Waals surface area contributed by atoms with Crippen molar-refractivity contribution >= 4 is 5.82 Å². The minimum atomic E-state index is -4.77. The van der Waals surface area contributed by atoms with Crippen LogP contribution >= 0.6 is 0 Å². The zero-order chi connectivity index (χ0) is 11.0. The summed E-state index contributed by atoms with van der Waals surface area (Å²) in [7, 11) is 0. The van der Waals surface area contributed by atoms with Crippen LogP contribution in [-0.2, 0) is 5.60 Å². The Morgan fingerprint density at radius 2 is 2.00 bits per heavy atom. The predicted octanol–water partition coefficient (Wildman–Crippen LogP) is 1.43. The second-order valence-electron chi connectivity index (χ2n) is 3.01. The number of alkyl halides is 3. The van der Waals surface area contributed by atoms with Crippen LogP contribution in [0.4, 0.5) is 19.0 Å². The molecule has 3 N–H and O–H groups in total. The highest BCUT2D eigenvalue weighted by molar-refractivity contribution is 5.43. The number of pyridine rings is 1. The number of aliphatic hydroxyl groups is 1. The number of rotatable bonds is 1. The van der Waals surface area contributed by atoms with Gasteiger partial charge in [0.2, 0.25) is 0 Å². The van der Waals surface area contributed by atoms with E-state index in [2.05, 4.69) is 4.98 Å². The molecule has 0 aromatic carbocycles.